The summed E-state index contributed by atoms with van der Waals surface area (Å²) in [6.07, 6.45) is 5.34. The number of hydrogen-bond acceptors (Lipinski definition) is 8. The molecule has 8 nitrogen and oxygen atoms in total. The molecule has 5 heterocycles. The van der Waals surface area contributed by atoms with Crippen LogP contribution in [0.15, 0.2) is 76.6 Å². The molecule has 158 valence electrons. The molecule has 1 saturated heterocycles. The number of piperazine rings is 1. The molecule has 0 aliphatic carbocycles. The van der Waals surface area contributed by atoms with E-state index in [1.54, 1.807) is 12.4 Å². The predicted molar refractivity (Wildman–Crippen MR) is 122 cm³/mol. The zero-order chi connectivity index (χ0) is 21.3. The van der Waals surface area contributed by atoms with Crippen molar-refractivity contribution >= 4 is 17.5 Å². The number of nitrogens with zero attached hydrogens (tertiary/aromatic N) is 7. The summed E-state index contributed by atoms with van der Waals surface area (Å²) in [5.41, 5.74) is 5.51. The maximum absolute atomic E-state index is 5.51. The van der Waals surface area contributed by atoms with Crippen LogP contribution in [-0.4, -0.2) is 52.0 Å². The fourth-order valence-corrected chi connectivity index (χ4v) is 4.21. The first-order valence-electron chi connectivity index (χ1n) is 10.7. The highest BCUT2D eigenvalue weighted by molar-refractivity contribution is 6.15. The van der Waals surface area contributed by atoms with Gasteiger partial charge in [-0.25, -0.2) is 4.98 Å². The lowest BCUT2D eigenvalue weighted by Gasteiger charge is -2.34. The molecule has 0 N–H and O–H groups in total. The Balaban J connectivity index is 1.16. The third-order valence-electron chi connectivity index (χ3n) is 5.91. The molecule has 3 aromatic heterocycles. The van der Waals surface area contributed by atoms with Crippen LogP contribution >= 0.6 is 0 Å². The molecule has 0 spiro atoms. The van der Waals surface area contributed by atoms with Crippen molar-refractivity contribution in [2.24, 2.45) is 4.99 Å². The van der Waals surface area contributed by atoms with Gasteiger partial charge in [-0.2, -0.15) is 4.98 Å². The normalized spacial score (nSPS) is 15.6. The number of pyridine rings is 2. The Bertz CT molecular complexity index is 1280. The summed E-state index contributed by atoms with van der Waals surface area (Å²) in [7, 11) is 0. The number of aliphatic imine (C=N–C) groups is 1. The second kappa shape index (κ2) is 7.88. The summed E-state index contributed by atoms with van der Waals surface area (Å²) in [5, 5.41) is 4.11. The smallest absolute Gasteiger partial charge is 0.324 e. The Hall–Kier alpha value is -4.07. The minimum Gasteiger partial charge on any atom is -0.353 e. The van der Waals surface area contributed by atoms with Crippen molar-refractivity contribution in [1.82, 2.24) is 20.1 Å². The van der Waals surface area contributed by atoms with E-state index in [0.717, 1.165) is 55.4 Å². The van der Waals surface area contributed by atoms with Crippen LogP contribution in [-0.2, 0) is 6.54 Å². The van der Waals surface area contributed by atoms with Crippen LogP contribution in [0, 0.1) is 0 Å². The fraction of sp³-hybridized carbons (Fsp3) is 0.208. The molecule has 8 heteroatoms. The lowest BCUT2D eigenvalue weighted by atomic mass is 10.0. The van der Waals surface area contributed by atoms with E-state index in [4.69, 9.17) is 9.52 Å². The SMILES string of the molecule is c1cncc(-c2noc(N3CCN(c4cc(C5=NCc6ccccc65)ccn4)CC3)n2)c1. The molecule has 0 amide bonds. The van der Waals surface area contributed by atoms with E-state index in [9.17, 15) is 0 Å². The van der Waals surface area contributed by atoms with Crippen molar-refractivity contribution in [3.8, 4) is 11.4 Å². The number of anilines is 2. The maximum Gasteiger partial charge on any atom is 0.324 e. The second-order valence-corrected chi connectivity index (χ2v) is 7.84. The van der Waals surface area contributed by atoms with E-state index < -0.39 is 0 Å². The van der Waals surface area contributed by atoms with Gasteiger partial charge in [0.05, 0.1) is 12.3 Å². The Morgan fingerprint density at radius 2 is 1.72 bits per heavy atom. The van der Waals surface area contributed by atoms with Gasteiger partial charge in [0, 0.05) is 61.5 Å². The van der Waals surface area contributed by atoms with E-state index in [0.29, 0.717) is 11.8 Å². The molecule has 0 bridgehead atoms. The van der Waals surface area contributed by atoms with Crippen LogP contribution in [0.5, 0.6) is 0 Å². The molecule has 0 saturated carbocycles. The van der Waals surface area contributed by atoms with Crippen LogP contribution in [0.2, 0.25) is 0 Å². The van der Waals surface area contributed by atoms with E-state index in [1.807, 2.05) is 24.4 Å². The van der Waals surface area contributed by atoms with Crippen molar-refractivity contribution in [3.63, 3.8) is 0 Å². The first kappa shape index (κ1) is 18.7. The molecule has 0 unspecified atom stereocenters. The molecule has 32 heavy (non-hydrogen) atoms. The summed E-state index contributed by atoms with van der Waals surface area (Å²) in [6.45, 7) is 3.95. The summed E-state index contributed by atoms with van der Waals surface area (Å²) in [4.78, 5) is 22.5. The zero-order valence-corrected chi connectivity index (χ0v) is 17.4. The highest BCUT2D eigenvalue weighted by Crippen LogP contribution is 2.26. The van der Waals surface area contributed by atoms with Gasteiger partial charge in [0.25, 0.3) is 0 Å². The average molecular weight is 423 g/mol. The molecule has 0 atom stereocenters. The van der Waals surface area contributed by atoms with Gasteiger partial charge in [0.15, 0.2) is 0 Å². The van der Waals surface area contributed by atoms with E-state index in [-0.39, 0.29) is 0 Å². The molecule has 0 radical (unpaired) electrons. The highest BCUT2D eigenvalue weighted by atomic mass is 16.5. The van der Waals surface area contributed by atoms with Gasteiger partial charge >= 0.3 is 6.01 Å². The number of benzene rings is 1. The first-order chi connectivity index (χ1) is 15.8. The topological polar surface area (TPSA) is 83.5 Å². The number of hydrogen-bond donors (Lipinski definition) is 0. The molecule has 1 fully saturated rings. The number of aromatic nitrogens is 4. The number of rotatable bonds is 4. The molecule has 2 aliphatic rings. The van der Waals surface area contributed by atoms with Gasteiger partial charge in [-0.15, -0.1) is 0 Å². The van der Waals surface area contributed by atoms with Crippen molar-refractivity contribution < 1.29 is 4.52 Å². The summed E-state index contributed by atoms with van der Waals surface area (Å²) >= 11 is 0. The highest BCUT2D eigenvalue weighted by Gasteiger charge is 2.24. The molecule has 6 rings (SSSR count). The summed E-state index contributed by atoms with van der Waals surface area (Å²) in [5.74, 6) is 1.53. The lowest BCUT2D eigenvalue weighted by molar-refractivity contribution is 0.409. The standard InChI is InChI=1S/C24H21N7O/c1-2-6-20-18(4-1)16-27-22(20)17-7-9-26-21(14-17)30-10-12-31(13-11-30)24-28-23(29-32-24)19-5-3-8-25-15-19/h1-9,14-15H,10-13,16H2. The zero-order valence-electron chi connectivity index (χ0n) is 17.4. The Morgan fingerprint density at radius 3 is 2.59 bits per heavy atom. The van der Waals surface area contributed by atoms with E-state index in [1.165, 1.54) is 11.1 Å². The van der Waals surface area contributed by atoms with Crippen molar-refractivity contribution in [2.45, 2.75) is 6.54 Å². The summed E-state index contributed by atoms with van der Waals surface area (Å²) < 4.78 is 5.51. The minimum absolute atomic E-state index is 0.544. The van der Waals surface area contributed by atoms with Gasteiger partial charge < -0.3 is 14.3 Å². The number of fused-ring (bicyclic) bond motifs is 1. The van der Waals surface area contributed by atoms with Crippen LogP contribution < -0.4 is 9.80 Å². The Morgan fingerprint density at radius 1 is 0.844 bits per heavy atom. The monoisotopic (exact) mass is 423 g/mol. The summed E-state index contributed by atoms with van der Waals surface area (Å²) in [6, 6.07) is 16.9. The van der Waals surface area contributed by atoms with E-state index in [2.05, 4.69) is 60.2 Å². The molecular weight excluding hydrogens is 402 g/mol. The van der Waals surface area contributed by atoms with Gasteiger partial charge in [0.1, 0.15) is 5.82 Å². The van der Waals surface area contributed by atoms with Gasteiger partial charge in [-0.05, 0) is 29.8 Å². The largest absolute Gasteiger partial charge is 0.353 e. The Labute approximate surface area is 185 Å². The first-order valence-corrected chi connectivity index (χ1v) is 10.7. The third kappa shape index (κ3) is 3.39. The van der Waals surface area contributed by atoms with Gasteiger partial charge in [-0.1, -0.05) is 29.4 Å². The molecular formula is C24H21N7O. The molecule has 1 aromatic carbocycles. The molecule has 2 aliphatic heterocycles. The van der Waals surface area contributed by atoms with Gasteiger partial charge in [0.2, 0.25) is 5.82 Å². The van der Waals surface area contributed by atoms with E-state index >= 15 is 0 Å². The van der Waals surface area contributed by atoms with Crippen LogP contribution in [0.4, 0.5) is 11.8 Å². The Kier molecular flexibility index (Phi) is 4.60. The minimum atomic E-state index is 0.544. The second-order valence-electron chi connectivity index (χ2n) is 7.84. The van der Waals surface area contributed by atoms with Crippen LogP contribution in [0.25, 0.3) is 11.4 Å². The van der Waals surface area contributed by atoms with Crippen LogP contribution in [0.3, 0.4) is 0 Å². The van der Waals surface area contributed by atoms with Gasteiger partial charge in [-0.3, -0.25) is 9.98 Å². The third-order valence-corrected chi connectivity index (χ3v) is 5.91. The lowest BCUT2D eigenvalue weighted by Crippen LogP contribution is -2.47. The quantitative estimate of drug-likeness (QED) is 0.498. The van der Waals surface area contributed by atoms with Crippen LogP contribution in [0.1, 0.15) is 16.7 Å². The average Bonchev–Trinajstić information content (AvgIpc) is 3.53. The predicted octanol–water partition coefficient (Wildman–Crippen LogP) is 3.20. The van der Waals surface area contributed by atoms with Crippen molar-refractivity contribution in [3.05, 3.63) is 83.8 Å². The van der Waals surface area contributed by atoms with Crippen molar-refractivity contribution in [2.75, 3.05) is 36.0 Å². The maximum atomic E-state index is 5.51. The van der Waals surface area contributed by atoms with Crippen molar-refractivity contribution in [1.29, 1.82) is 0 Å². The fourth-order valence-electron chi connectivity index (χ4n) is 4.21. The molecule has 4 aromatic rings.